The Hall–Kier alpha value is -1.36. The first-order valence-electron chi connectivity index (χ1n) is 7.01. The number of nitrogens with zero attached hydrogens (tertiary/aromatic N) is 1. The highest BCUT2D eigenvalue weighted by Crippen LogP contribution is 2.32. The first-order valence-corrected chi connectivity index (χ1v) is 8.27. The maximum Gasteiger partial charge on any atom is 0.134 e. The second kappa shape index (κ2) is 6.18. The molecule has 0 fully saturated rings. The minimum Gasteiger partial charge on any atom is -0.459 e. The Bertz CT molecular complexity index is 750. The molecule has 2 heterocycles. The van der Waals surface area contributed by atoms with Crippen molar-refractivity contribution in [3.63, 3.8) is 0 Å². The van der Waals surface area contributed by atoms with Crippen LogP contribution in [0.25, 0.3) is 11.0 Å². The van der Waals surface area contributed by atoms with Gasteiger partial charge in [-0.1, -0.05) is 18.5 Å². The van der Waals surface area contributed by atoms with Gasteiger partial charge in [0.2, 0.25) is 0 Å². The molecule has 0 amide bonds. The molecule has 1 unspecified atom stereocenters. The van der Waals surface area contributed by atoms with Crippen molar-refractivity contribution < 1.29 is 4.42 Å². The molecule has 21 heavy (non-hydrogen) atoms. The zero-order valence-corrected chi connectivity index (χ0v) is 13.6. The van der Waals surface area contributed by atoms with E-state index in [0.29, 0.717) is 0 Å². The third-order valence-electron chi connectivity index (χ3n) is 3.43. The Morgan fingerprint density at radius 1 is 1.38 bits per heavy atom. The largest absolute Gasteiger partial charge is 0.459 e. The van der Waals surface area contributed by atoms with Gasteiger partial charge < -0.3 is 9.73 Å². The molecule has 1 aromatic carbocycles. The van der Waals surface area contributed by atoms with Gasteiger partial charge in [0.25, 0.3) is 0 Å². The molecular formula is C16H17ClN2OS. The van der Waals surface area contributed by atoms with Gasteiger partial charge in [-0.05, 0) is 44.2 Å². The molecule has 0 bridgehead atoms. The molecule has 3 aromatic rings. The maximum atomic E-state index is 6.05. The molecule has 110 valence electrons. The summed E-state index contributed by atoms with van der Waals surface area (Å²) < 4.78 is 6.02. The van der Waals surface area contributed by atoms with Crippen LogP contribution in [0.2, 0.25) is 5.02 Å². The summed E-state index contributed by atoms with van der Waals surface area (Å²) in [6.45, 7) is 5.12. The molecule has 0 aliphatic heterocycles. The molecule has 3 nitrogen and oxygen atoms in total. The van der Waals surface area contributed by atoms with Gasteiger partial charge in [-0.15, -0.1) is 11.3 Å². The number of aromatic nitrogens is 1. The molecule has 5 heteroatoms. The van der Waals surface area contributed by atoms with Gasteiger partial charge >= 0.3 is 0 Å². The number of furan rings is 1. The Morgan fingerprint density at radius 3 is 2.95 bits per heavy atom. The smallest absolute Gasteiger partial charge is 0.134 e. The van der Waals surface area contributed by atoms with Crippen molar-refractivity contribution in [2.45, 2.75) is 26.3 Å². The summed E-state index contributed by atoms with van der Waals surface area (Å²) in [6, 6.07) is 7.80. The first kappa shape index (κ1) is 14.6. The summed E-state index contributed by atoms with van der Waals surface area (Å²) in [5.41, 5.74) is 3.79. The van der Waals surface area contributed by atoms with E-state index in [2.05, 4.69) is 23.3 Å². The second-order valence-electron chi connectivity index (χ2n) is 5.02. The number of hydrogen-bond donors (Lipinski definition) is 1. The number of halogens is 1. The number of thiazole rings is 1. The van der Waals surface area contributed by atoms with E-state index >= 15 is 0 Å². The number of rotatable bonds is 5. The average molecular weight is 321 g/mol. The van der Waals surface area contributed by atoms with E-state index in [1.165, 1.54) is 4.88 Å². The van der Waals surface area contributed by atoms with E-state index in [-0.39, 0.29) is 6.04 Å². The number of benzene rings is 1. The lowest BCUT2D eigenvalue weighted by Crippen LogP contribution is -2.22. The minimum absolute atomic E-state index is 0.0450. The summed E-state index contributed by atoms with van der Waals surface area (Å²) in [4.78, 5) is 5.56. The van der Waals surface area contributed by atoms with Gasteiger partial charge in [-0.25, -0.2) is 4.98 Å². The molecule has 3 rings (SSSR count). The summed E-state index contributed by atoms with van der Waals surface area (Å²) >= 11 is 7.71. The molecule has 0 saturated carbocycles. The van der Waals surface area contributed by atoms with Crippen LogP contribution in [0.4, 0.5) is 0 Å². The predicted molar refractivity (Wildman–Crippen MR) is 88.2 cm³/mol. The van der Waals surface area contributed by atoms with E-state index in [4.69, 9.17) is 16.0 Å². The van der Waals surface area contributed by atoms with Crippen molar-refractivity contribution >= 4 is 33.9 Å². The highest BCUT2D eigenvalue weighted by atomic mass is 35.5. The highest BCUT2D eigenvalue weighted by Gasteiger charge is 2.21. The van der Waals surface area contributed by atoms with Crippen LogP contribution >= 0.6 is 22.9 Å². The molecule has 0 spiro atoms. The van der Waals surface area contributed by atoms with Crippen LogP contribution in [-0.2, 0) is 0 Å². The number of hydrogen-bond acceptors (Lipinski definition) is 4. The predicted octanol–water partition coefficient (Wildman–Crippen LogP) is 4.94. The van der Waals surface area contributed by atoms with Crippen LogP contribution < -0.4 is 5.32 Å². The highest BCUT2D eigenvalue weighted by molar-refractivity contribution is 7.09. The molecule has 0 aliphatic rings. The summed E-state index contributed by atoms with van der Waals surface area (Å²) in [5.74, 6) is 0.910. The Morgan fingerprint density at radius 2 is 2.24 bits per heavy atom. The lowest BCUT2D eigenvalue weighted by molar-refractivity contribution is 0.472. The van der Waals surface area contributed by atoms with E-state index in [1.807, 2.05) is 30.6 Å². The molecule has 2 aromatic heterocycles. The molecule has 0 saturated heterocycles. The number of aryl methyl sites for hydroxylation is 1. The lowest BCUT2D eigenvalue weighted by Gasteiger charge is -2.15. The van der Waals surface area contributed by atoms with Crippen LogP contribution in [0.3, 0.4) is 0 Å². The fourth-order valence-electron chi connectivity index (χ4n) is 2.38. The van der Waals surface area contributed by atoms with Gasteiger partial charge in [0, 0.05) is 10.4 Å². The van der Waals surface area contributed by atoms with Crippen molar-refractivity contribution in [2.75, 3.05) is 6.54 Å². The standard InChI is InChI=1S/C16H17ClN2OS/c1-3-6-18-15(16-10(2)19-9-21-16)14-8-11-7-12(17)4-5-13(11)20-14/h4-5,7-9,15,18H,3,6H2,1-2H3. The van der Waals surface area contributed by atoms with Crippen molar-refractivity contribution in [2.24, 2.45) is 0 Å². The van der Waals surface area contributed by atoms with Crippen LogP contribution in [0.5, 0.6) is 0 Å². The topological polar surface area (TPSA) is 38.1 Å². The zero-order chi connectivity index (χ0) is 14.8. The Labute approximate surface area is 133 Å². The van der Waals surface area contributed by atoms with Crippen LogP contribution in [0.1, 0.15) is 35.7 Å². The van der Waals surface area contributed by atoms with Gasteiger partial charge in [0.05, 0.1) is 16.1 Å². The molecule has 1 N–H and O–H groups in total. The third kappa shape index (κ3) is 2.98. The van der Waals surface area contributed by atoms with Crippen LogP contribution in [0, 0.1) is 6.92 Å². The van der Waals surface area contributed by atoms with E-state index in [1.54, 1.807) is 11.3 Å². The van der Waals surface area contributed by atoms with E-state index in [0.717, 1.165) is 40.4 Å². The lowest BCUT2D eigenvalue weighted by atomic mass is 10.1. The molecular weight excluding hydrogens is 304 g/mol. The van der Waals surface area contributed by atoms with Gasteiger partial charge in [0.15, 0.2) is 0 Å². The summed E-state index contributed by atoms with van der Waals surface area (Å²) in [7, 11) is 0. The van der Waals surface area contributed by atoms with Gasteiger partial charge in [-0.3, -0.25) is 0 Å². The first-order chi connectivity index (χ1) is 10.2. The fourth-order valence-corrected chi connectivity index (χ4v) is 3.44. The van der Waals surface area contributed by atoms with Crippen LogP contribution in [0.15, 0.2) is 34.2 Å². The number of fused-ring (bicyclic) bond motifs is 1. The molecule has 0 radical (unpaired) electrons. The van der Waals surface area contributed by atoms with Gasteiger partial charge in [-0.2, -0.15) is 0 Å². The SMILES string of the molecule is CCCNC(c1cc2cc(Cl)ccc2o1)c1scnc1C. The number of nitrogens with one attached hydrogen (secondary N) is 1. The van der Waals surface area contributed by atoms with Crippen molar-refractivity contribution in [3.8, 4) is 0 Å². The van der Waals surface area contributed by atoms with Crippen LogP contribution in [-0.4, -0.2) is 11.5 Å². The Balaban J connectivity index is 2.03. The van der Waals surface area contributed by atoms with Crippen molar-refractivity contribution in [1.29, 1.82) is 0 Å². The van der Waals surface area contributed by atoms with Crippen molar-refractivity contribution in [1.82, 2.24) is 10.3 Å². The second-order valence-corrected chi connectivity index (χ2v) is 6.34. The van der Waals surface area contributed by atoms with E-state index < -0.39 is 0 Å². The quantitative estimate of drug-likeness (QED) is 0.723. The summed E-state index contributed by atoms with van der Waals surface area (Å²) in [6.07, 6.45) is 1.07. The van der Waals surface area contributed by atoms with Gasteiger partial charge in [0.1, 0.15) is 17.4 Å². The third-order valence-corrected chi connectivity index (χ3v) is 4.66. The normalized spacial score (nSPS) is 12.9. The zero-order valence-electron chi connectivity index (χ0n) is 12.0. The average Bonchev–Trinajstić information content (AvgIpc) is 3.06. The molecule has 0 aliphatic carbocycles. The molecule has 1 atom stereocenters. The minimum atomic E-state index is 0.0450. The summed E-state index contributed by atoms with van der Waals surface area (Å²) in [5, 5.41) is 5.30. The maximum absolute atomic E-state index is 6.05. The fraction of sp³-hybridized carbons (Fsp3) is 0.312. The van der Waals surface area contributed by atoms with E-state index in [9.17, 15) is 0 Å². The van der Waals surface area contributed by atoms with Crippen molar-refractivity contribution in [3.05, 3.63) is 51.1 Å². The Kier molecular flexibility index (Phi) is 4.29. The monoisotopic (exact) mass is 320 g/mol.